The molecule has 1 N–H and O–H groups in total. The van der Waals surface area contributed by atoms with Gasteiger partial charge in [-0.2, -0.15) is 0 Å². The first-order valence-corrected chi connectivity index (χ1v) is 7.71. The van der Waals surface area contributed by atoms with Crippen molar-refractivity contribution in [1.82, 2.24) is 10.3 Å². The van der Waals surface area contributed by atoms with E-state index in [0.29, 0.717) is 0 Å². The molecular formula is C15H13BrN2S. The van der Waals surface area contributed by atoms with Crippen LogP contribution in [0.4, 0.5) is 0 Å². The van der Waals surface area contributed by atoms with Gasteiger partial charge in [-0.05, 0) is 46.7 Å². The average Bonchev–Trinajstić information content (AvgIpc) is 2.86. The maximum atomic E-state index is 4.42. The third kappa shape index (κ3) is 2.56. The minimum Gasteiger partial charge on any atom is -0.309 e. The molecule has 2 aromatic heterocycles. The number of nitrogens with zero attached hydrogens (tertiary/aromatic N) is 1. The Morgan fingerprint density at radius 3 is 2.89 bits per heavy atom. The number of hydrogen-bond donors (Lipinski definition) is 1. The fourth-order valence-corrected chi connectivity index (χ4v) is 3.80. The van der Waals surface area contributed by atoms with Crippen LogP contribution < -0.4 is 5.32 Å². The summed E-state index contributed by atoms with van der Waals surface area (Å²) in [4.78, 5) is 5.72. The number of nitrogens with one attached hydrogen (secondary N) is 1. The van der Waals surface area contributed by atoms with E-state index < -0.39 is 0 Å². The highest BCUT2D eigenvalue weighted by Gasteiger charge is 2.14. The fourth-order valence-electron chi connectivity index (χ4n) is 2.22. The van der Waals surface area contributed by atoms with Gasteiger partial charge in [0.25, 0.3) is 0 Å². The standard InChI is InChI=1S/C15H13BrN2S/c1-17-15(14-8-12(16)9-19-14)11-5-4-10-3-2-6-18-13(10)7-11/h2-9,15,17H,1H3. The van der Waals surface area contributed by atoms with Gasteiger partial charge in [-0.3, -0.25) is 4.98 Å². The quantitative estimate of drug-likeness (QED) is 0.770. The van der Waals surface area contributed by atoms with E-state index in [0.717, 1.165) is 9.99 Å². The molecular weight excluding hydrogens is 320 g/mol. The second-order valence-corrected chi connectivity index (χ2v) is 6.20. The van der Waals surface area contributed by atoms with Crippen LogP contribution >= 0.6 is 27.3 Å². The second-order valence-electron chi connectivity index (χ2n) is 4.34. The van der Waals surface area contributed by atoms with E-state index >= 15 is 0 Å². The van der Waals surface area contributed by atoms with Crippen LogP contribution in [0, 0.1) is 0 Å². The maximum absolute atomic E-state index is 4.42. The molecule has 0 fully saturated rings. The van der Waals surface area contributed by atoms with Gasteiger partial charge in [0.05, 0.1) is 11.6 Å². The molecule has 19 heavy (non-hydrogen) atoms. The number of thiophene rings is 1. The molecule has 3 rings (SSSR count). The van der Waals surface area contributed by atoms with Gasteiger partial charge in [-0.15, -0.1) is 11.3 Å². The predicted octanol–water partition coefficient (Wildman–Crippen LogP) is 4.37. The lowest BCUT2D eigenvalue weighted by molar-refractivity contribution is 0.704. The Kier molecular flexibility index (Phi) is 3.64. The fraction of sp³-hybridized carbons (Fsp3) is 0.133. The molecule has 0 aliphatic rings. The molecule has 2 nitrogen and oxygen atoms in total. The van der Waals surface area contributed by atoms with Gasteiger partial charge in [0.2, 0.25) is 0 Å². The molecule has 0 amide bonds. The molecule has 0 saturated carbocycles. The van der Waals surface area contributed by atoms with Crippen molar-refractivity contribution in [2.75, 3.05) is 7.05 Å². The van der Waals surface area contributed by atoms with E-state index in [9.17, 15) is 0 Å². The highest BCUT2D eigenvalue weighted by Crippen LogP contribution is 2.30. The van der Waals surface area contributed by atoms with Crippen LogP contribution in [0.15, 0.2) is 52.4 Å². The first-order chi connectivity index (χ1) is 9.28. The maximum Gasteiger partial charge on any atom is 0.0705 e. The summed E-state index contributed by atoms with van der Waals surface area (Å²) in [6, 6.07) is 12.9. The minimum absolute atomic E-state index is 0.211. The van der Waals surface area contributed by atoms with E-state index in [1.165, 1.54) is 15.8 Å². The predicted molar refractivity (Wildman–Crippen MR) is 84.7 cm³/mol. The molecule has 96 valence electrons. The number of rotatable bonds is 3. The average molecular weight is 333 g/mol. The Bertz CT molecular complexity index is 708. The zero-order valence-electron chi connectivity index (χ0n) is 10.4. The summed E-state index contributed by atoms with van der Waals surface area (Å²) in [7, 11) is 1.99. The molecule has 0 radical (unpaired) electrons. The lowest BCUT2D eigenvalue weighted by Crippen LogP contribution is -2.16. The van der Waals surface area contributed by atoms with Gasteiger partial charge < -0.3 is 5.32 Å². The van der Waals surface area contributed by atoms with E-state index in [1.54, 1.807) is 11.3 Å². The van der Waals surface area contributed by atoms with E-state index in [1.807, 2.05) is 19.3 Å². The summed E-state index contributed by atoms with van der Waals surface area (Å²) in [5.41, 5.74) is 2.28. The Hall–Kier alpha value is -1.23. The van der Waals surface area contributed by atoms with Gasteiger partial charge in [0.1, 0.15) is 0 Å². The van der Waals surface area contributed by atoms with Crippen molar-refractivity contribution in [3.05, 3.63) is 62.9 Å². The molecule has 0 aliphatic carbocycles. The van der Waals surface area contributed by atoms with E-state index in [4.69, 9.17) is 0 Å². The Morgan fingerprint density at radius 1 is 1.26 bits per heavy atom. The SMILES string of the molecule is CNC(c1ccc2cccnc2c1)c1cc(Br)cs1. The third-order valence-electron chi connectivity index (χ3n) is 3.12. The highest BCUT2D eigenvalue weighted by atomic mass is 79.9. The largest absolute Gasteiger partial charge is 0.309 e. The molecule has 0 bridgehead atoms. The molecule has 0 spiro atoms. The van der Waals surface area contributed by atoms with Crippen molar-refractivity contribution in [2.24, 2.45) is 0 Å². The number of pyridine rings is 1. The molecule has 2 heterocycles. The molecule has 0 aliphatic heterocycles. The van der Waals surface area contributed by atoms with Gasteiger partial charge in [0.15, 0.2) is 0 Å². The minimum atomic E-state index is 0.211. The van der Waals surface area contributed by atoms with Gasteiger partial charge >= 0.3 is 0 Å². The van der Waals surface area contributed by atoms with Crippen LogP contribution in [-0.4, -0.2) is 12.0 Å². The van der Waals surface area contributed by atoms with Crippen molar-refractivity contribution in [2.45, 2.75) is 6.04 Å². The number of hydrogen-bond acceptors (Lipinski definition) is 3. The van der Waals surface area contributed by atoms with Crippen LogP contribution in [0.5, 0.6) is 0 Å². The van der Waals surface area contributed by atoms with Crippen molar-refractivity contribution < 1.29 is 0 Å². The summed E-state index contributed by atoms with van der Waals surface area (Å²) >= 11 is 5.26. The van der Waals surface area contributed by atoms with Crippen molar-refractivity contribution in [3.63, 3.8) is 0 Å². The summed E-state index contributed by atoms with van der Waals surface area (Å²) in [6.45, 7) is 0. The van der Waals surface area contributed by atoms with Crippen molar-refractivity contribution >= 4 is 38.2 Å². The molecule has 3 aromatic rings. The van der Waals surface area contributed by atoms with Crippen molar-refractivity contribution in [3.8, 4) is 0 Å². The van der Waals surface area contributed by atoms with Gasteiger partial charge in [-0.25, -0.2) is 0 Å². The van der Waals surface area contributed by atoms with Gasteiger partial charge in [0, 0.05) is 26.3 Å². The zero-order chi connectivity index (χ0) is 13.2. The lowest BCUT2D eigenvalue weighted by atomic mass is 10.0. The normalized spacial score (nSPS) is 12.7. The first-order valence-electron chi connectivity index (χ1n) is 6.04. The summed E-state index contributed by atoms with van der Waals surface area (Å²) in [5, 5.41) is 6.66. The molecule has 0 saturated heterocycles. The van der Waals surface area contributed by atoms with E-state index in [2.05, 4.69) is 61.9 Å². The Balaban J connectivity index is 2.06. The highest BCUT2D eigenvalue weighted by molar-refractivity contribution is 9.10. The number of halogens is 1. The van der Waals surface area contributed by atoms with Crippen LogP contribution in [0.25, 0.3) is 10.9 Å². The van der Waals surface area contributed by atoms with Crippen LogP contribution in [-0.2, 0) is 0 Å². The van der Waals surface area contributed by atoms with Crippen LogP contribution in [0.2, 0.25) is 0 Å². The van der Waals surface area contributed by atoms with E-state index in [-0.39, 0.29) is 6.04 Å². The first kappa shape index (κ1) is 12.8. The molecule has 4 heteroatoms. The molecule has 1 aromatic carbocycles. The Morgan fingerprint density at radius 2 is 2.16 bits per heavy atom. The zero-order valence-corrected chi connectivity index (χ0v) is 12.8. The topological polar surface area (TPSA) is 24.9 Å². The number of fused-ring (bicyclic) bond motifs is 1. The smallest absolute Gasteiger partial charge is 0.0705 e. The third-order valence-corrected chi connectivity index (χ3v) is 4.88. The summed E-state index contributed by atoms with van der Waals surface area (Å²) in [5.74, 6) is 0. The summed E-state index contributed by atoms with van der Waals surface area (Å²) < 4.78 is 1.13. The Labute approximate surface area is 124 Å². The lowest BCUT2D eigenvalue weighted by Gasteiger charge is -2.15. The van der Waals surface area contributed by atoms with Crippen LogP contribution in [0.1, 0.15) is 16.5 Å². The monoisotopic (exact) mass is 332 g/mol. The van der Waals surface area contributed by atoms with Gasteiger partial charge in [-0.1, -0.05) is 18.2 Å². The molecule has 1 atom stereocenters. The number of aromatic nitrogens is 1. The van der Waals surface area contributed by atoms with Crippen molar-refractivity contribution in [1.29, 1.82) is 0 Å². The number of benzene rings is 1. The molecule has 1 unspecified atom stereocenters. The second kappa shape index (κ2) is 5.41. The van der Waals surface area contributed by atoms with Crippen LogP contribution in [0.3, 0.4) is 0 Å². The summed E-state index contributed by atoms with van der Waals surface area (Å²) in [6.07, 6.45) is 1.84.